The summed E-state index contributed by atoms with van der Waals surface area (Å²) in [7, 11) is 0. The van der Waals surface area contributed by atoms with Gasteiger partial charge in [-0.2, -0.15) is 0 Å². The maximum absolute atomic E-state index is 5.54. The molecule has 0 fully saturated rings. The number of nitrogens with zero attached hydrogens (tertiary/aromatic N) is 7. The van der Waals surface area contributed by atoms with Crippen LogP contribution in [0.5, 0.6) is 0 Å². The lowest BCUT2D eigenvalue weighted by atomic mass is 10.1. The molecule has 4 heterocycles. The van der Waals surface area contributed by atoms with Gasteiger partial charge in [0, 0.05) is 61.9 Å². The molecule has 0 saturated heterocycles. The molecule has 0 aliphatic rings. The molecule has 0 saturated carbocycles. The van der Waals surface area contributed by atoms with Gasteiger partial charge in [0.25, 0.3) is 0 Å². The van der Waals surface area contributed by atoms with E-state index in [0.29, 0.717) is 11.7 Å². The van der Waals surface area contributed by atoms with E-state index in [1.54, 1.807) is 12.4 Å². The van der Waals surface area contributed by atoms with Crippen LogP contribution < -0.4 is 0 Å². The highest BCUT2D eigenvalue weighted by atomic mass is 15.4. The highest BCUT2D eigenvalue weighted by molar-refractivity contribution is 6.23. The molecular weight excluding hydrogens is 687 g/mol. The Morgan fingerprint density at radius 3 is 1.64 bits per heavy atom. The predicted molar refractivity (Wildman–Crippen MR) is 231 cm³/mol. The average Bonchev–Trinajstić information content (AvgIpc) is 3.78. The van der Waals surface area contributed by atoms with Gasteiger partial charge in [0.2, 0.25) is 0 Å². The Morgan fingerprint density at radius 2 is 1.02 bits per heavy atom. The maximum atomic E-state index is 5.54. The zero-order valence-corrected chi connectivity index (χ0v) is 30.2. The van der Waals surface area contributed by atoms with E-state index < -0.39 is 0 Å². The summed E-state index contributed by atoms with van der Waals surface area (Å²) in [6.45, 7) is 3.99. The fourth-order valence-electron chi connectivity index (χ4n) is 7.66. The Labute approximate surface area is 322 Å². The molecule has 0 bridgehead atoms. The average molecular weight is 720 g/mol. The van der Waals surface area contributed by atoms with Crippen molar-refractivity contribution in [1.29, 1.82) is 0 Å². The maximum Gasteiger partial charge on any atom is 0.182 e. The summed E-state index contributed by atoms with van der Waals surface area (Å²) in [6.07, 6.45) is 3.60. The van der Waals surface area contributed by atoms with E-state index >= 15 is 0 Å². The monoisotopic (exact) mass is 719 g/mol. The minimum atomic E-state index is 0.439. The highest BCUT2D eigenvalue weighted by Gasteiger charge is 2.21. The first-order valence-electron chi connectivity index (χ1n) is 18.4. The summed E-state index contributed by atoms with van der Waals surface area (Å²) < 4.78 is 4.41. The third-order valence-electron chi connectivity index (χ3n) is 10.2. The molecule has 0 aliphatic heterocycles. The molecule has 264 valence electrons. The number of para-hydroxylation sites is 3. The third-order valence-corrected chi connectivity index (χ3v) is 10.2. The zero-order chi connectivity index (χ0) is 37.4. The van der Waals surface area contributed by atoms with Gasteiger partial charge in [0.15, 0.2) is 11.7 Å². The van der Waals surface area contributed by atoms with E-state index in [9.17, 15) is 0 Å². The molecule has 10 rings (SSSR count). The summed E-state index contributed by atoms with van der Waals surface area (Å²) >= 11 is 0. The van der Waals surface area contributed by atoms with E-state index in [1.807, 2.05) is 72.8 Å². The minimum absolute atomic E-state index is 0.439. The summed E-state index contributed by atoms with van der Waals surface area (Å²) in [5, 5.41) is 10.0. The molecule has 0 N–H and O–H groups in total. The van der Waals surface area contributed by atoms with E-state index in [0.717, 1.165) is 77.6 Å². The molecule has 7 nitrogen and oxygen atoms in total. The Kier molecular flexibility index (Phi) is 8.15. The van der Waals surface area contributed by atoms with E-state index in [1.165, 1.54) is 5.39 Å². The molecule has 6 aromatic carbocycles. The van der Waals surface area contributed by atoms with E-state index in [2.05, 4.69) is 134 Å². The molecule has 0 aliphatic carbocycles. The van der Waals surface area contributed by atoms with Gasteiger partial charge in [-0.1, -0.05) is 115 Å². The van der Waals surface area contributed by atoms with Crippen molar-refractivity contribution in [2.75, 3.05) is 0 Å². The number of amidine groups is 2. The molecule has 0 radical (unpaired) electrons. The molecule has 0 spiro atoms. The highest BCUT2D eigenvalue weighted by Crippen LogP contribution is 2.40. The van der Waals surface area contributed by atoms with Crippen LogP contribution in [0.3, 0.4) is 0 Å². The Balaban J connectivity index is 1.29. The second kappa shape index (κ2) is 13.9. The van der Waals surface area contributed by atoms with Crippen LogP contribution in [0.25, 0.3) is 71.8 Å². The van der Waals surface area contributed by atoms with Crippen molar-refractivity contribution in [2.45, 2.75) is 0 Å². The van der Waals surface area contributed by atoms with Crippen LogP contribution in [0.15, 0.2) is 203 Å². The number of aliphatic imine (C=N–C) groups is 2. The predicted octanol–water partition coefficient (Wildman–Crippen LogP) is 11.4. The van der Waals surface area contributed by atoms with E-state index in [4.69, 9.17) is 10.1 Å². The first kappa shape index (κ1) is 32.8. The summed E-state index contributed by atoms with van der Waals surface area (Å²) in [5.74, 6) is 0.907. The van der Waals surface area contributed by atoms with Crippen LogP contribution in [-0.2, 0) is 0 Å². The van der Waals surface area contributed by atoms with Crippen LogP contribution in [0.4, 0.5) is 0 Å². The van der Waals surface area contributed by atoms with Gasteiger partial charge in [0.1, 0.15) is 0 Å². The lowest BCUT2D eigenvalue weighted by Gasteiger charge is -2.11. The van der Waals surface area contributed by atoms with Gasteiger partial charge in [-0.05, 0) is 67.4 Å². The van der Waals surface area contributed by atoms with Crippen LogP contribution >= 0.6 is 0 Å². The standard InChI is InChI=1S/C49H33N7/c1-50-48(35-17-13-15-33(31-35)42-23-9-11-29-51-42)53-49(36-18-14-16-34(32-36)43-24-10-12-30-52-43)54-56-45-26-8-6-22-39(45)41-28-27-40-38-21-5-7-25-44(38)55(46(40)47(41)56)37-19-3-2-4-20-37/h2-32H,1H2/b53-48?,54-49-. The van der Waals surface area contributed by atoms with Crippen LogP contribution in [0.2, 0.25) is 0 Å². The van der Waals surface area contributed by atoms with Gasteiger partial charge < -0.3 is 4.57 Å². The Morgan fingerprint density at radius 1 is 0.464 bits per heavy atom. The number of hydrogen-bond acceptors (Lipinski definition) is 3. The van der Waals surface area contributed by atoms with Crippen molar-refractivity contribution in [2.24, 2.45) is 15.1 Å². The lowest BCUT2D eigenvalue weighted by Crippen LogP contribution is -2.08. The fourth-order valence-corrected chi connectivity index (χ4v) is 7.66. The molecule has 0 unspecified atom stereocenters. The summed E-state index contributed by atoms with van der Waals surface area (Å²) in [5.41, 5.74) is 10.4. The number of benzene rings is 6. The topological polar surface area (TPSA) is 72.7 Å². The second-order valence-corrected chi connectivity index (χ2v) is 13.5. The van der Waals surface area contributed by atoms with Crippen LogP contribution in [0, 0.1) is 0 Å². The largest absolute Gasteiger partial charge is 0.307 e. The Bertz CT molecular complexity index is 3140. The zero-order valence-electron chi connectivity index (χ0n) is 30.2. The first-order chi connectivity index (χ1) is 27.7. The molecule has 7 heteroatoms. The number of rotatable bonds is 6. The number of hydrogen-bond donors (Lipinski definition) is 0. The normalized spacial score (nSPS) is 12.2. The van der Waals surface area contributed by atoms with Crippen molar-refractivity contribution in [1.82, 2.24) is 19.2 Å². The molecule has 10 aromatic rings. The summed E-state index contributed by atoms with van der Waals surface area (Å²) in [4.78, 5) is 19.0. The van der Waals surface area contributed by atoms with Crippen molar-refractivity contribution in [3.05, 3.63) is 199 Å². The Hall–Kier alpha value is -7.77. The van der Waals surface area contributed by atoms with Gasteiger partial charge in [-0.3, -0.25) is 9.97 Å². The van der Waals surface area contributed by atoms with Crippen molar-refractivity contribution in [3.63, 3.8) is 0 Å². The van der Waals surface area contributed by atoms with E-state index in [-0.39, 0.29) is 0 Å². The smallest absolute Gasteiger partial charge is 0.182 e. The van der Waals surface area contributed by atoms with Crippen molar-refractivity contribution < 1.29 is 0 Å². The van der Waals surface area contributed by atoms with Gasteiger partial charge in [-0.15, -0.1) is 5.10 Å². The minimum Gasteiger partial charge on any atom is -0.307 e. The second-order valence-electron chi connectivity index (χ2n) is 13.5. The van der Waals surface area contributed by atoms with Crippen molar-refractivity contribution >= 4 is 62.0 Å². The quantitative estimate of drug-likeness (QED) is 0.127. The number of aromatic nitrogens is 4. The molecule has 4 aromatic heterocycles. The fraction of sp³-hybridized carbons (Fsp3) is 0. The summed E-state index contributed by atoms with van der Waals surface area (Å²) in [6, 6.07) is 60.0. The lowest BCUT2D eigenvalue weighted by molar-refractivity contribution is 0.962. The van der Waals surface area contributed by atoms with Crippen molar-refractivity contribution in [3.8, 4) is 28.2 Å². The molecule has 0 amide bonds. The van der Waals surface area contributed by atoms with Gasteiger partial charge >= 0.3 is 0 Å². The number of fused-ring (bicyclic) bond motifs is 7. The SMILES string of the molecule is C=NC(=N/C(=N\n1c2ccccc2c2ccc3c4ccccc4n(-c4ccccc4)c3c21)c1cccc(-c2ccccn2)c1)c1cccc(-c2ccccn2)c1. The first-order valence-corrected chi connectivity index (χ1v) is 18.4. The number of pyridine rings is 2. The van der Waals surface area contributed by atoms with Crippen LogP contribution in [0.1, 0.15) is 11.1 Å². The van der Waals surface area contributed by atoms with Gasteiger partial charge in [0.05, 0.1) is 33.5 Å². The third kappa shape index (κ3) is 5.66. The molecule has 56 heavy (non-hydrogen) atoms. The van der Waals surface area contributed by atoms with Crippen LogP contribution in [-0.4, -0.2) is 37.6 Å². The molecule has 0 atom stereocenters. The van der Waals surface area contributed by atoms with Gasteiger partial charge in [-0.25, -0.2) is 14.7 Å². The molecular formula is C49H33N7.